The van der Waals surface area contributed by atoms with Gasteiger partial charge in [-0.3, -0.25) is 0 Å². The summed E-state index contributed by atoms with van der Waals surface area (Å²) in [6, 6.07) is 40.9. The lowest BCUT2D eigenvalue weighted by Gasteiger charge is -2.46. The van der Waals surface area contributed by atoms with Gasteiger partial charge in [-0.25, -0.2) is 0 Å². The van der Waals surface area contributed by atoms with Crippen LogP contribution in [0.2, 0.25) is 0 Å². The van der Waals surface area contributed by atoms with Crippen molar-refractivity contribution in [3.63, 3.8) is 0 Å². The molecule has 0 radical (unpaired) electrons. The fraction of sp³-hybridized carbons (Fsp3) is 0.314. The van der Waals surface area contributed by atoms with Gasteiger partial charge in [0.05, 0.1) is 39.1 Å². The van der Waals surface area contributed by atoms with Crippen LogP contribution < -0.4 is 0 Å². The van der Waals surface area contributed by atoms with E-state index in [-0.39, 0.29) is 24.4 Å². The molecule has 1 aliphatic rings. The predicted octanol–water partition coefficient (Wildman–Crippen LogP) is 7.16. The maximum atomic E-state index is 6.71. The fourth-order valence-corrected chi connectivity index (χ4v) is 5.72. The lowest BCUT2D eigenvalue weighted by Crippen LogP contribution is -2.61. The smallest absolute Gasteiger partial charge is 0.115 e. The third-order valence-corrected chi connectivity index (χ3v) is 8.00. The Morgan fingerprint density at radius 1 is 0.463 bits per heavy atom. The molecule has 4 aromatic carbocycles. The standard InChI is InChI=1S/C35H37IO5/c36-21-31-33(38-23-28-15-7-2-8-16-28)35(40-25-30-19-11-4-12-20-30)34(39-24-29-17-9-3-10-18-29)32(41-31)26-37-22-27-13-5-1-6-14-27/h1-20,31-35H,21-26H2/t31?,32-,33+,34+,35-/m1/s1. The fourth-order valence-electron chi connectivity index (χ4n) is 5.01. The number of benzene rings is 4. The van der Waals surface area contributed by atoms with Gasteiger partial charge in [-0.2, -0.15) is 0 Å². The van der Waals surface area contributed by atoms with Crippen LogP contribution >= 0.6 is 22.6 Å². The Bertz CT molecular complexity index is 1260. The highest BCUT2D eigenvalue weighted by atomic mass is 127. The molecule has 41 heavy (non-hydrogen) atoms. The van der Waals surface area contributed by atoms with E-state index in [2.05, 4.69) is 71.1 Å². The summed E-state index contributed by atoms with van der Waals surface area (Å²) < 4.78 is 33.6. The Morgan fingerprint density at radius 2 is 0.829 bits per heavy atom. The molecular formula is C35H37IO5. The molecule has 6 heteroatoms. The molecule has 1 saturated heterocycles. The predicted molar refractivity (Wildman–Crippen MR) is 169 cm³/mol. The first-order valence-corrected chi connectivity index (χ1v) is 15.6. The highest BCUT2D eigenvalue weighted by Crippen LogP contribution is 2.32. The van der Waals surface area contributed by atoms with Crippen molar-refractivity contribution < 1.29 is 23.7 Å². The number of hydrogen-bond donors (Lipinski definition) is 0. The molecule has 1 fully saturated rings. The van der Waals surface area contributed by atoms with Crippen LogP contribution in [0.1, 0.15) is 22.3 Å². The number of hydrogen-bond acceptors (Lipinski definition) is 5. The minimum Gasteiger partial charge on any atom is -0.374 e. The Morgan fingerprint density at radius 3 is 1.24 bits per heavy atom. The van der Waals surface area contributed by atoms with Crippen LogP contribution in [0, 0.1) is 0 Å². The van der Waals surface area contributed by atoms with Crippen molar-refractivity contribution >= 4 is 22.6 Å². The van der Waals surface area contributed by atoms with Crippen LogP contribution in [-0.2, 0) is 50.1 Å². The first kappa shape index (κ1) is 29.9. The molecule has 0 saturated carbocycles. The van der Waals surface area contributed by atoms with E-state index in [9.17, 15) is 0 Å². The molecule has 0 spiro atoms. The molecule has 4 aromatic rings. The second-order valence-electron chi connectivity index (χ2n) is 10.2. The van der Waals surface area contributed by atoms with Gasteiger partial charge >= 0.3 is 0 Å². The normalized spacial score (nSPS) is 22.4. The Balaban J connectivity index is 1.38. The number of alkyl halides is 1. The first-order chi connectivity index (χ1) is 20.3. The van der Waals surface area contributed by atoms with E-state index in [0.29, 0.717) is 33.0 Å². The SMILES string of the molecule is ICC1O[C@H](COCc2ccccc2)[C@H](OCc2ccccc2)[C@H](OCc2ccccc2)[C@H]1OCc1ccccc1. The van der Waals surface area contributed by atoms with E-state index in [1.54, 1.807) is 0 Å². The van der Waals surface area contributed by atoms with E-state index in [0.717, 1.165) is 26.7 Å². The Labute approximate surface area is 256 Å². The number of ether oxygens (including phenoxy) is 5. The summed E-state index contributed by atoms with van der Waals surface area (Å²) in [5.41, 5.74) is 4.43. The van der Waals surface area contributed by atoms with E-state index in [1.165, 1.54) is 0 Å². The minimum atomic E-state index is -0.394. The van der Waals surface area contributed by atoms with Gasteiger partial charge in [0.15, 0.2) is 0 Å². The summed E-state index contributed by atoms with van der Waals surface area (Å²) >= 11 is 2.38. The molecule has 5 nitrogen and oxygen atoms in total. The maximum Gasteiger partial charge on any atom is 0.115 e. The van der Waals surface area contributed by atoms with Crippen molar-refractivity contribution in [1.82, 2.24) is 0 Å². The van der Waals surface area contributed by atoms with Gasteiger partial charge in [0.25, 0.3) is 0 Å². The van der Waals surface area contributed by atoms with Crippen LogP contribution in [0.4, 0.5) is 0 Å². The molecule has 5 rings (SSSR count). The third kappa shape index (κ3) is 8.95. The molecule has 0 aromatic heterocycles. The maximum absolute atomic E-state index is 6.71. The van der Waals surface area contributed by atoms with Gasteiger partial charge in [0.2, 0.25) is 0 Å². The van der Waals surface area contributed by atoms with Crippen LogP contribution in [0.15, 0.2) is 121 Å². The van der Waals surface area contributed by atoms with Gasteiger partial charge in [-0.05, 0) is 22.3 Å². The molecule has 0 N–H and O–H groups in total. The molecule has 1 aliphatic heterocycles. The highest BCUT2D eigenvalue weighted by molar-refractivity contribution is 14.1. The Kier molecular flexibility index (Phi) is 11.8. The largest absolute Gasteiger partial charge is 0.374 e. The summed E-state index contributed by atoms with van der Waals surface area (Å²) in [5, 5.41) is 0. The van der Waals surface area contributed by atoms with Crippen molar-refractivity contribution in [1.29, 1.82) is 0 Å². The van der Waals surface area contributed by atoms with Crippen molar-refractivity contribution in [2.24, 2.45) is 0 Å². The first-order valence-electron chi connectivity index (χ1n) is 14.1. The highest BCUT2D eigenvalue weighted by Gasteiger charge is 2.48. The van der Waals surface area contributed by atoms with Crippen LogP contribution in [0.3, 0.4) is 0 Å². The van der Waals surface area contributed by atoms with Gasteiger partial charge in [-0.1, -0.05) is 144 Å². The van der Waals surface area contributed by atoms with Crippen molar-refractivity contribution in [2.45, 2.75) is 56.9 Å². The summed E-state index contributed by atoms with van der Waals surface area (Å²) in [5.74, 6) is 0. The average Bonchev–Trinajstić information content (AvgIpc) is 3.04. The molecule has 5 atom stereocenters. The van der Waals surface area contributed by atoms with Gasteiger partial charge < -0.3 is 23.7 Å². The van der Waals surface area contributed by atoms with E-state index in [4.69, 9.17) is 23.7 Å². The van der Waals surface area contributed by atoms with Crippen LogP contribution in [0.25, 0.3) is 0 Å². The minimum absolute atomic E-state index is 0.179. The van der Waals surface area contributed by atoms with Gasteiger partial charge in [-0.15, -0.1) is 0 Å². The topological polar surface area (TPSA) is 46.2 Å². The van der Waals surface area contributed by atoms with Crippen molar-refractivity contribution in [3.8, 4) is 0 Å². The molecular weight excluding hydrogens is 627 g/mol. The summed E-state index contributed by atoms with van der Waals surface area (Å²) in [7, 11) is 0. The van der Waals surface area contributed by atoms with Crippen LogP contribution in [0.5, 0.6) is 0 Å². The zero-order chi connectivity index (χ0) is 28.1. The Hall–Kier alpha value is -2.59. The molecule has 0 aliphatic carbocycles. The number of halogens is 1. The molecule has 1 unspecified atom stereocenters. The quantitative estimate of drug-likeness (QED) is 0.106. The van der Waals surface area contributed by atoms with Crippen LogP contribution in [-0.4, -0.2) is 41.6 Å². The summed E-state index contributed by atoms with van der Waals surface area (Å²) in [6.07, 6.45) is -1.57. The molecule has 1 heterocycles. The summed E-state index contributed by atoms with van der Waals surface area (Å²) in [6.45, 7) is 2.25. The van der Waals surface area contributed by atoms with E-state index < -0.39 is 6.10 Å². The zero-order valence-electron chi connectivity index (χ0n) is 23.1. The summed E-state index contributed by atoms with van der Waals surface area (Å²) in [4.78, 5) is 0. The third-order valence-electron chi connectivity index (χ3n) is 7.13. The monoisotopic (exact) mass is 664 g/mol. The zero-order valence-corrected chi connectivity index (χ0v) is 25.3. The second kappa shape index (κ2) is 16.2. The van der Waals surface area contributed by atoms with Crippen molar-refractivity contribution in [2.75, 3.05) is 11.0 Å². The molecule has 0 amide bonds. The van der Waals surface area contributed by atoms with E-state index in [1.807, 2.05) is 72.8 Å². The lowest BCUT2D eigenvalue weighted by atomic mass is 9.94. The average molecular weight is 665 g/mol. The van der Waals surface area contributed by atoms with Gasteiger partial charge in [0, 0.05) is 4.43 Å². The number of rotatable bonds is 14. The molecule has 0 bridgehead atoms. The van der Waals surface area contributed by atoms with Crippen molar-refractivity contribution in [3.05, 3.63) is 144 Å². The second-order valence-corrected chi connectivity index (χ2v) is 11.0. The lowest BCUT2D eigenvalue weighted by molar-refractivity contribution is -0.267. The van der Waals surface area contributed by atoms with Gasteiger partial charge in [0.1, 0.15) is 24.4 Å². The van der Waals surface area contributed by atoms with E-state index >= 15 is 0 Å². The molecule has 214 valence electrons.